The van der Waals surface area contributed by atoms with Crippen LogP contribution >= 0.6 is 23.3 Å². The second-order valence-corrected chi connectivity index (χ2v) is 5.45. The third-order valence-corrected chi connectivity index (χ3v) is 4.20. The van der Waals surface area contributed by atoms with Crippen molar-refractivity contribution in [3.05, 3.63) is 17.2 Å². The minimum atomic E-state index is 0.549. The predicted molar refractivity (Wildman–Crippen MR) is 76.7 cm³/mol. The summed E-state index contributed by atoms with van der Waals surface area (Å²) in [5, 5.41) is 4.26. The molecule has 0 saturated carbocycles. The molecular weight excluding hydrogens is 268 g/mol. The molecule has 1 saturated heterocycles. The molecule has 1 aromatic carbocycles. The fraction of sp³-hybridized carbons (Fsp3) is 0.500. The van der Waals surface area contributed by atoms with Crippen LogP contribution in [0.2, 0.25) is 5.02 Å². The van der Waals surface area contributed by atoms with Gasteiger partial charge in [0.1, 0.15) is 11.0 Å². The highest BCUT2D eigenvalue weighted by Crippen LogP contribution is 2.35. The van der Waals surface area contributed by atoms with Gasteiger partial charge in [-0.3, -0.25) is 0 Å². The molecule has 1 aromatic heterocycles. The average Bonchev–Trinajstić information content (AvgIpc) is 2.98. The fourth-order valence-electron chi connectivity index (χ4n) is 2.53. The Morgan fingerprint density at radius 1 is 1.50 bits per heavy atom. The van der Waals surface area contributed by atoms with E-state index in [9.17, 15) is 0 Å². The quantitative estimate of drug-likeness (QED) is 0.939. The zero-order valence-electron chi connectivity index (χ0n) is 10.2. The molecule has 6 heteroatoms. The van der Waals surface area contributed by atoms with Gasteiger partial charge in [0.05, 0.1) is 22.4 Å². The number of nitrogens with zero attached hydrogens (tertiary/aromatic N) is 3. The highest BCUT2D eigenvalue weighted by Gasteiger charge is 2.25. The minimum Gasteiger partial charge on any atom is -0.367 e. The Bertz CT molecular complexity index is 556. The molecule has 0 aliphatic carbocycles. The molecule has 18 heavy (non-hydrogen) atoms. The first-order chi connectivity index (χ1) is 8.79. The summed E-state index contributed by atoms with van der Waals surface area (Å²) in [5.74, 6) is 0. The van der Waals surface area contributed by atoms with Gasteiger partial charge in [-0.1, -0.05) is 18.5 Å². The van der Waals surface area contributed by atoms with Crippen LogP contribution in [0.15, 0.2) is 12.1 Å². The summed E-state index contributed by atoms with van der Waals surface area (Å²) in [5.41, 5.74) is 2.92. The lowest BCUT2D eigenvalue weighted by Gasteiger charge is -2.20. The Morgan fingerprint density at radius 2 is 2.39 bits per heavy atom. The van der Waals surface area contributed by atoms with E-state index in [-0.39, 0.29) is 0 Å². The van der Waals surface area contributed by atoms with Crippen molar-refractivity contribution in [1.82, 2.24) is 14.1 Å². The van der Waals surface area contributed by atoms with E-state index in [0.29, 0.717) is 6.04 Å². The summed E-state index contributed by atoms with van der Waals surface area (Å²) in [7, 11) is 0. The smallest absolute Gasteiger partial charge is 0.129 e. The summed E-state index contributed by atoms with van der Waals surface area (Å²) in [6, 6.07) is 4.40. The van der Waals surface area contributed by atoms with Gasteiger partial charge in [-0.05, 0) is 25.1 Å². The molecule has 0 radical (unpaired) electrons. The van der Waals surface area contributed by atoms with E-state index < -0.39 is 0 Å². The van der Waals surface area contributed by atoms with Crippen LogP contribution in [0.3, 0.4) is 0 Å². The maximum absolute atomic E-state index is 6.34. The lowest BCUT2D eigenvalue weighted by atomic mass is 10.2. The largest absolute Gasteiger partial charge is 0.367 e. The molecular formula is C12H15ClN4S. The second kappa shape index (κ2) is 4.99. The number of aromatic nitrogens is 2. The molecule has 1 aliphatic rings. The fourth-order valence-corrected chi connectivity index (χ4v) is 3.34. The van der Waals surface area contributed by atoms with E-state index in [4.69, 9.17) is 11.6 Å². The van der Waals surface area contributed by atoms with Gasteiger partial charge in [-0.25, -0.2) is 0 Å². The Labute approximate surface area is 115 Å². The normalized spacial score (nSPS) is 19.9. The molecule has 0 bridgehead atoms. The van der Waals surface area contributed by atoms with Gasteiger partial charge >= 0.3 is 0 Å². The van der Waals surface area contributed by atoms with Gasteiger partial charge in [-0.2, -0.15) is 8.75 Å². The van der Waals surface area contributed by atoms with E-state index in [0.717, 1.165) is 47.8 Å². The number of hydrogen-bond acceptors (Lipinski definition) is 5. The van der Waals surface area contributed by atoms with Crippen molar-refractivity contribution in [2.45, 2.75) is 19.4 Å². The zero-order chi connectivity index (χ0) is 12.5. The molecule has 0 amide bonds. The minimum absolute atomic E-state index is 0.549. The number of rotatable bonds is 3. The van der Waals surface area contributed by atoms with E-state index >= 15 is 0 Å². The number of likely N-dealkylation sites (N-methyl/N-ethyl adjacent to an activating group) is 1. The lowest BCUT2D eigenvalue weighted by molar-refractivity contribution is 0.572. The third-order valence-electron chi connectivity index (χ3n) is 3.35. The molecule has 3 rings (SSSR count). The van der Waals surface area contributed by atoms with Gasteiger partial charge < -0.3 is 10.2 Å². The summed E-state index contributed by atoms with van der Waals surface area (Å²) >= 11 is 7.58. The number of hydrogen-bond donors (Lipinski definition) is 1. The van der Waals surface area contributed by atoms with Gasteiger partial charge in [0, 0.05) is 19.1 Å². The second-order valence-electron chi connectivity index (χ2n) is 4.52. The van der Waals surface area contributed by atoms with Crippen molar-refractivity contribution in [2.24, 2.45) is 0 Å². The van der Waals surface area contributed by atoms with Crippen LogP contribution in [0.1, 0.15) is 13.3 Å². The maximum Gasteiger partial charge on any atom is 0.129 e. The molecule has 1 N–H and O–H groups in total. The van der Waals surface area contributed by atoms with Crippen LogP contribution in [-0.4, -0.2) is 34.4 Å². The van der Waals surface area contributed by atoms with Crippen molar-refractivity contribution in [3.8, 4) is 0 Å². The van der Waals surface area contributed by atoms with E-state index in [2.05, 4.69) is 25.9 Å². The van der Waals surface area contributed by atoms with Crippen molar-refractivity contribution in [1.29, 1.82) is 0 Å². The Balaban J connectivity index is 1.94. The van der Waals surface area contributed by atoms with Crippen LogP contribution in [0.25, 0.3) is 11.0 Å². The van der Waals surface area contributed by atoms with Gasteiger partial charge in [-0.15, -0.1) is 0 Å². The lowest BCUT2D eigenvalue weighted by Crippen LogP contribution is -2.32. The number of benzene rings is 1. The Morgan fingerprint density at radius 3 is 3.22 bits per heavy atom. The Hall–Kier alpha value is -0.910. The molecule has 4 nitrogen and oxygen atoms in total. The number of nitrogens with one attached hydrogen (secondary N) is 1. The van der Waals surface area contributed by atoms with Crippen molar-refractivity contribution < 1.29 is 0 Å². The van der Waals surface area contributed by atoms with Crippen LogP contribution in [0.5, 0.6) is 0 Å². The molecule has 2 aromatic rings. The van der Waals surface area contributed by atoms with Gasteiger partial charge in [0.25, 0.3) is 0 Å². The van der Waals surface area contributed by atoms with Crippen molar-refractivity contribution >= 4 is 40.0 Å². The monoisotopic (exact) mass is 282 g/mol. The number of anilines is 1. The van der Waals surface area contributed by atoms with E-state index in [1.807, 2.05) is 12.1 Å². The highest BCUT2D eigenvalue weighted by molar-refractivity contribution is 7.00. The average molecular weight is 283 g/mol. The first-order valence-corrected chi connectivity index (χ1v) is 7.29. The molecule has 0 spiro atoms. The molecule has 1 fully saturated rings. The SMILES string of the molecule is CCNC1CCN(c2c(Cl)ccc3nsnc23)C1. The van der Waals surface area contributed by atoms with Crippen LogP contribution in [-0.2, 0) is 0 Å². The van der Waals surface area contributed by atoms with Crippen molar-refractivity contribution in [3.63, 3.8) is 0 Å². The molecule has 96 valence electrons. The first kappa shape index (κ1) is 12.1. The van der Waals surface area contributed by atoms with Crippen LogP contribution in [0, 0.1) is 0 Å². The van der Waals surface area contributed by atoms with Crippen LogP contribution in [0.4, 0.5) is 5.69 Å². The zero-order valence-corrected chi connectivity index (χ0v) is 11.8. The van der Waals surface area contributed by atoms with Gasteiger partial charge in [0.15, 0.2) is 0 Å². The third kappa shape index (κ3) is 2.06. The highest BCUT2D eigenvalue weighted by atomic mass is 35.5. The van der Waals surface area contributed by atoms with Gasteiger partial charge in [0.2, 0.25) is 0 Å². The predicted octanol–water partition coefficient (Wildman–Crippen LogP) is 2.53. The molecule has 1 atom stereocenters. The summed E-state index contributed by atoms with van der Waals surface area (Å²) in [6.07, 6.45) is 1.15. The molecule has 2 heterocycles. The number of halogens is 1. The standard InChI is InChI=1S/C12H15ClN4S/c1-2-14-8-5-6-17(7-8)12-9(13)3-4-10-11(12)16-18-15-10/h3-4,8,14H,2,5-7H2,1H3. The summed E-state index contributed by atoms with van der Waals surface area (Å²) in [4.78, 5) is 2.32. The number of fused-ring (bicyclic) bond motifs is 1. The summed E-state index contributed by atoms with van der Waals surface area (Å²) < 4.78 is 8.66. The topological polar surface area (TPSA) is 41.0 Å². The maximum atomic E-state index is 6.34. The van der Waals surface area contributed by atoms with E-state index in [1.165, 1.54) is 11.7 Å². The van der Waals surface area contributed by atoms with Crippen LogP contribution < -0.4 is 10.2 Å². The van der Waals surface area contributed by atoms with Crippen molar-refractivity contribution in [2.75, 3.05) is 24.5 Å². The molecule has 1 unspecified atom stereocenters. The first-order valence-electron chi connectivity index (χ1n) is 6.18. The summed E-state index contributed by atoms with van der Waals surface area (Å²) in [6.45, 7) is 5.16. The van der Waals surface area contributed by atoms with E-state index in [1.54, 1.807) is 0 Å². The molecule has 1 aliphatic heterocycles. The Kier molecular flexibility index (Phi) is 3.37.